The Morgan fingerprint density at radius 2 is 1.86 bits per heavy atom. The molecule has 5 nitrogen and oxygen atoms in total. The maximum Gasteiger partial charge on any atom is 0.331 e. The molecule has 0 N–H and O–H groups in total. The fraction of sp³-hybridized carbons (Fsp3) is 0.682. The molecule has 3 unspecified atom stereocenters. The van der Waals surface area contributed by atoms with E-state index < -0.39 is 17.0 Å². The summed E-state index contributed by atoms with van der Waals surface area (Å²) in [5.41, 5.74) is -0.951. The lowest BCUT2D eigenvalue weighted by molar-refractivity contribution is -0.185. The van der Waals surface area contributed by atoms with E-state index in [4.69, 9.17) is 21.1 Å². The Bertz CT molecular complexity index is 829. The number of carbonyl (C=O) groups excluding carboxylic acids is 3. The maximum absolute atomic E-state index is 12.7. The average molecular weight is 407 g/mol. The number of ketones is 1. The van der Waals surface area contributed by atoms with Crippen molar-refractivity contribution in [2.75, 3.05) is 6.61 Å². The van der Waals surface area contributed by atoms with E-state index in [0.717, 1.165) is 24.8 Å². The molecule has 2 fully saturated rings. The third kappa shape index (κ3) is 2.41. The molecule has 0 bridgehead atoms. The number of esters is 2. The summed E-state index contributed by atoms with van der Waals surface area (Å²) in [5.74, 6) is -0.221. The predicted octanol–water partition coefficient (Wildman–Crippen LogP) is 3.95. The van der Waals surface area contributed by atoms with Crippen molar-refractivity contribution in [3.05, 3.63) is 22.8 Å². The molecule has 152 valence electrons. The van der Waals surface area contributed by atoms with Gasteiger partial charge in [-0.15, -0.1) is 0 Å². The number of halogens is 1. The zero-order valence-electron chi connectivity index (χ0n) is 16.8. The number of ether oxygens (including phenoxy) is 2. The van der Waals surface area contributed by atoms with Crippen molar-refractivity contribution < 1.29 is 23.9 Å². The highest BCUT2D eigenvalue weighted by atomic mass is 35.5. The van der Waals surface area contributed by atoms with Crippen molar-refractivity contribution in [3.8, 4) is 0 Å². The lowest BCUT2D eigenvalue weighted by atomic mass is 9.49. The van der Waals surface area contributed by atoms with E-state index in [0.29, 0.717) is 18.1 Å². The number of rotatable bonds is 2. The van der Waals surface area contributed by atoms with Gasteiger partial charge >= 0.3 is 11.9 Å². The van der Waals surface area contributed by atoms with Gasteiger partial charge < -0.3 is 9.47 Å². The molecule has 4 rings (SSSR count). The van der Waals surface area contributed by atoms with Gasteiger partial charge in [0.1, 0.15) is 6.61 Å². The summed E-state index contributed by atoms with van der Waals surface area (Å²) in [4.78, 5) is 36.4. The van der Waals surface area contributed by atoms with Gasteiger partial charge in [0.25, 0.3) is 0 Å². The number of fused-ring (bicyclic) bond motifs is 5. The molecule has 28 heavy (non-hydrogen) atoms. The van der Waals surface area contributed by atoms with Crippen LogP contribution in [0.1, 0.15) is 53.4 Å². The van der Waals surface area contributed by atoms with Crippen LogP contribution in [0.2, 0.25) is 0 Å². The third-order valence-electron chi connectivity index (χ3n) is 8.15. The van der Waals surface area contributed by atoms with Crippen molar-refractivity contribution >= 4 is 29.3 Å². The van der Waals surface area contributed by atoms with E-state index in [9.17, 15) is 14.4 Å². The molecule has 0 aromatic heterocycles. The predicted molar refractivity (Wildman–Crippen MR) is 103 cm³/mol. The van der Waals surface area contributed by atoms with Crippen molar-refractivity contribution in [2.24, 2.45) is 28.6 Å². The van der Waals surface area contributed by atoms with Gasteiger partial charge in [-0.1, -0.05) is 31.5 Å². The first-order chi connectivity index (χ1) is 13.0. The van der Waals surface area contributed by atoms with Gasteiger partial charge in [0.15, 0.2) is 11.4 Å². The Morgan fingerprint density at radius 3 is 2.50 bits per heavy atom. The highest BCUT2D eigenvalue weighted by Crippen LogP contribution is 2.67. The van der Waals surface area contributed by atoms with Gasteiger partial charge in [-0.05, 0) is 55.9 Å². The second kappa shape index (κ2) is 6.19. The molecule has 1 heterocycles. The third-order valence-corrected chi connectivity index (χ3v) is 8.47. The maximum atomic E-state index is 12.7. The monoisotopic (exact) mass is 406 g/mol. The molecule has 0 radical (unpaired) electrons. The zero-order chi connectivity index (χ0) is 20.5. The van der Waals surface area contributed by atoms with Gasteiger partial charge in [-0.2, -0.15) is 0 Å². The first-order valence-corrected chi connectivity index (χ1v) is 10.4. The van der Waals surface area contributed by atoms with Crippen LogP contribution < -0.4 is 0 Å². The first kappa shape index (κ1) is 19.7. The van der Waals surface area contributed by atoms with Crippen LogP contribution >= 0.6 is 11.6 Å². The summed E-state index contributed by atoms with van der Waals surface area (Å²) >= 11 is 6.65. The molecule has 1 aliphatic heterocycles. The van der Waals surface area contributed by atoms with E-state index >= 15 is 0 Å². The van der Waals surface area contributed by atoms with Crippen LogP contribution in [-0.4, -0.2) is 29.9 Å². The minimum atomic E-state index is -1.06. The Balaban J connectivity index is 1.79. The molecular weight excluding hydrogens is 380 g/mol. The fourth-order valence-corrected chi connectivity index (χ4v) is 7.18. The van der Waals surface area contributed by atoms with Crippen molar-refractivity contribution in [3.63, 3.8) is 0 Å². The van der Waals surface area contributed by atoms with E-state index in [1.54, 1.807) is 0 Å². The van der Waals surface area contributed by atoms with Gasteiger partial charge in [0.05, 0.1) is 0 Å². The average Bonchev–Trinajstić information content (AvgIpc) is 2.90. The number of hydrogen-bond donors (Lipinski definition) is 0. The molecule has 0 amide bonds. The molecule has 4 aliphatic rings. The SMILES string of the molecule is CC(=O)O[C@]1(C(C)=O)CCC2C3C=C(Cl)C4=CC(=O)OC[C@]4(C)C3CC[C@@]21C. The Kier molecular flexibility index (Phi) is 4.35. The van der Waals surface area contributed by atoms with Gasteiger partial charge in [-0.25, -0.2) is 4.79 Å². The van der Waals surface area contributed by atoms with E-state index in [1.807, 2.05) is 0 Å². The van der Waals surface area contributed by atoms with E-state index in [-0.39, 0.29) is 34.9 Å². The van der Waals surface area contributed by atoms with Crippen LogP contribution in [0, 0.1) is 28.6 Å². The molecular formula is C22H27ClO5. The minimum Gasteiger partial charge on any atom is -0.462 e. The number of Topliss-reactive ketones (excluding diaryl/α,β-unsaturated/α-hetero) is 1. The molecule has 0 spiro atoms. The number of allylic oxidation sites excluding steroid dienone is 2. The normalized spacial score (nSPS) is 44.3. The molecule has 0 aromatic carbocycles. The van der Waals surface area contributed by atoms with Crippen LogP contribution in [0.15, 0.2) is 22.8 Å². The summed E-state index contributed by atoms with van der Waals surface area (Å²) in [6.45, 7) is 7.46. The van der Waals surface area contributed by atoms with Crippen molar-refractivity contribution in [2.45, 2.75) is 59.0 Å². The zero-order valence-corrected chi connectivity index (χ0v) is 17.6. The Morgan fingerprint density at radius 1 is 1.18 bits per heavy atom. The summed E-state index contributed by atoms with van der Waals surface area (Å²) in [5, 5.41) is 0.609. The minimum absolute atomic E-state index is 0.0737. The number of carbonyl (C=O) groups is 3. The van der Waals surface area contributed by atoms with Crippen LogP contribution in [0.4, 0.5) is 0 Å². The molecule has 0 saturated heterocycles. The lowest BCUT2D eigenvalue weighted by Gasteiger charge is -2.57. The van der Waals surface area contributed by atoms with Gasteiger partial charge in [0, 0.05) is 28.9 Å². The number of cyclic esters (lactones) is 1. The van der Waals surface area contributed by atoms with E-state index in [2.05, 4.69) is 19.9 Å². The highest BCUT2D eigenvalue weighted by molar-refractivity contribution is 6.32. The summed E-state index contributed by atoms with van der Waals surface area (Å²) in [6, 6.07) is 0. The van der Waals surface area contributed by atoms with Crippen LogP contribution in [0.3, 0.4) is 0 Å². The highest BCUT2D eigenvalue weighted by Gasteiger charge is 2.67. The number of hydrogen-bond acceptors (Lipinski definition) is 5. The van der Waals surface area contributed by atoms with Crippen LogP contribution in [-0.2, 0) is 23.9 Å². The second-order valence-corrected chi connectivity index (χ2v) is 9.77. The standard InChI is InChI=1S/C22H27ClO5/c1-12(24)22(28-13(2)25)8-6-16-14-9-18(23)17-10-19(26)27-11-20(17,3)15(14)5-7-21(16,22)4/h9-10,14-16H,5-8,11H2,1-4H3/t14?,15?,16?,20-,21+,22+/m1/s1. The summed E-state index contributed by atoms with van der Waals surface area (Å²) in [6.07, 6.45) is 6.60. The van der Waals surface area contributed by atoms with Crippen LogP contribution in [0.5, 0.6) is 0 Å². The van der Waals surface area contributed by atoms with Gasteiger partial charge in [0.2, 0.25) is 0 Å². The van der Waals surface area contributed by atoms with Gasteiger partial charge in [-0.3, -0.25) is 9.59 Å². The Hall–Kier alpha value is -1.62. The quantitative estimate of drug-likeness (QED) is 0.649. The van der Waals surface area contributed by atoms with E-state index in [1.165, 1.54) is 19.9 Å². The lowest BCUT2D eigenvalue weighted by Crippen LogP contribution is -2.58. The van der Waals surface area contributed by atoms with Crippen molar-refractivity contribution in [1.29, 1.82) is 0 Å². The Labute approximate surface area is 170 Å². The van der Waals surface area contributed by atoms with Crippen LogP contribution in [0.25, 0.3) is 0 Å². The molecule has 3 aliphatic carbocycles. The molecule has 6 atom stereocenters. The largest absolute Gasteiger partial charge is 0.462 e. The summed E-state index contributed by atoms with van der Waals surface area (Å²) < 4.78 is 11.2. The molecule has 0 aromatic rings. The smallest absolute Gasteiger partial charge is 0.331 e. The van der Waals surface area contributed by atoms with Crippen molar-refractivity contribution in [1.82, 2.24) is 0 Å². The fourth-order valence-electron chi connectivity index (χ4n) is 6.76. The first-order valence-electron chi connectivity index (χ1n) is 10.0. The molecule has 6 heteroatoms. The molecule has 2 saturated carbocycles. The topological polar surface area (TPSA) is 69.7 Å². The second-order valence-electron chi connectivity index (χ2n) is 9.36. The summed E-state index contributed by atoms with van der Waals surface area (Å²) in [7, 11) is 0.